The molecular weight excluding hydrogens is 662 g/mol. The predicted molar refractivity (Wildman–Crippen MR) is 190 cm³/mol. The van der Waals surface area contributed by atoms with Gasteiger partial charge >= 0.3 is 6.03 Å². The highest BCUT2D eigenvalue weighted by Crippen LogP contribution is 2.65. The lowest BCUT2D eigenvalue weighted by Crippen LogP contribution is -2.64. The number of rotatable bonds is 15. The van der Waals surface area contributed by atoms with Gasteiger partial charge in [-0.1, -0.05) is 73.6 Å². The van der Waals surface area contributed by atoms with Crippen molar-refractivity contribution in [3.05, 3.63) is 0 Å². The SMILES string of the molecule is CCCC[C@H](NC(=O)[C@@H]1[C@@H]2[C@H](CN1C(=O)[C@@H](NC(=O)NC1(CS(=O)(=O)C(C)(C)CO)CCCCC1)C(C)(C)C)C2(C)C)C(=O)C(=O)NC1CC1. The smallest absolute Gasteiger partial charge is 0.315 e. The van der Waals surface area contributed by atoms with Crippen LogP contribution in [0.3, 0.4) is 0 Å². The molecule has 0 unspecified atom stereocenters. The molecule has 14 heteroatoms. The molecular formula is C36H61N5O8S. The third kappa shape index (κ3) is 8.65. The second-order valence-corrected chi connectivity index (χ2v) is 20.2. The Labute approximate surface area is 298 Å². The molecule has 0 aromatic heterocycles. The molecule has 5 amide bonds. The predicted octanol–water partition coefficient (Wildman–Crippen LogP) is 2.59. The van der Waals surface area contributed by atoms with Gasteiger partial charge in [-0.2, -0.15) is 0 Å². The number of likely N-dealkylation sites (tertiary alicyclic amines) is 1. The fourth-order valence-electron chi connectivity index (χ4n) is 7.80. The summed E-state index contributed by atoms with van der Waals surface area (Å²) in [7, 11) is -3.82. The van der Waals surface area contributed by atoms with Crippen LogP contribution >= 0.6 is 0 Å². The number of hydrogen-bond donors (Lipinski definition) is 5. The Kier molecular flexibility index (Phi) is 11.8. The topological polar surface area (TPSA) is 191 Å². The Morgan fingerprint density at radius 2 is 1.58 bits per heavy atom. The van der Waals surface area contributed by atoms with Gasteiger partial charge in [-0.3, -0.25) is 19.2 Å². The summed E-state index contributed by atoms with van der Waals surface area (Å²) in [5.41, 5.74) is -2.07. The summed E-state index contributed by atoms with van der Waals surface area (Å²) in [6.45, 7) is 14.2. The van der Waals surface area contributed by atoms with Gasteiger partial charge in [0.25, 0.3) is 5.91 Å². The molecule has 5 atom stereocenters. The Morgan fingerprint density at radius 1 is 0.960 bits per heavy atom. The second kappa shape index (κ2) is 14.7. The maximum absolute atomic E-state index is 14.5. The van der Waals surface area contributed by atoms with Gasteiger partial charge in [-0.05, 0) is 68.6 Å². The minimum atomic E-state index is -3.82. The maximum Gasteiger partial charge on any atom is 0.315 e. The summed E-state index contributed by atoms with van der Waals surface area (Å²) < 4.78 is 25.4. The van der Waals surface area contributed by atoms with Crippen molar-refractivity contribution in [1.82, 2.24) is 26.2 Å². The molecule has 0 spiro atoms. The van der Waals surface area contributed by atoms with Gasteiger partial charge < -0.3 is 31.3 Å². The summed E-state index contributed by atoms with van der Waals surface area (Å²) >= 11 is 0. The average molecular weight is 724 g/mol. The zero-order valence-electron chi connectivity index (χ0n) is 31.3. The highest BCUT2D eigenvalue weighted by atomic mass is 32.2. The number of aliphatic hydroxyl groups is 1. The van der Waals surface area contributed by atoms with Gasteiger partial charge in [0.1, 0.15) is 12.1 Å². The molecule has 1 saturated heterocycles. The number of carbonyl (C=O) groups is 5. The highest BCUT2D eigenvalue weighted by Gasteiger charge is 2.70. The molecule has 4 aliphatic rings. The van der Waals surface area contributed by atoms with Crippen LogP contribution in [0.1, 0.15) is 120 Å². The van der Waals surface area contributed by atoms with E-state index in [0.29, 0.717) is 32.2 Å². The van der Waals surface area contributed by atoms with Gasteiger partial charge in [0.05, 0.1) is 28.7 Å². The molecule has 0 aromatic rings. The number of hydrogen-bond acceptors (Lipinski definition) is 8. The van der Waals surface area contributed by atoms with Crippen molar-refractivity contribution in [2.24, 2.45) is 22.7 Å². The van der Waals surface area contributed by atoms with Crippen LogP contribution in [0.15, 0.2) is 0 Å². The fourth-order valence-corrected chi connectivity index (χ4v) is 9.48. The van der Waals surface area contributed by atoms with Gasteiger partial charge in [0, 0.05) is 12.6 Å². The highest BCUT2D eigenvalue weighted by molar-refractivity contribution is 7.92. The number of nitrogens with zero attached hydrogens (tertiary/aromatic N) is 1. The van der Waals surface area contributed by atoms with Crippen LogP contribution < -0.4 is 21.3 Å². The number of carbonyl (C=O) groups excluding carboxylic acids is 5. The largest absolute Gasteiger partial charge is 0.395 e. The van der Waals surface area contributed by atoms with E-state index >= 15 is 0 Å². The number of piperidine rings is 1. The van der Waals surface area contributed by atoms with E-state index in [1.807, 2.05) is 27.7 Å². The van der Waals surface area contributed by atoms with Crippen molar-refractivity contribution in [2.75, 3.05) is 18.9 Å². The van der Waals surface area contributed by atoms with E-state index in [-0.39, 0.29) is 29.0 Å². The van der Waals surface area contributed by atoms with Crippen LogP contribution in [0.5, 0.6) is 0 Å². The number of amides is 5. The van der Waals surface area contributed by atoms with Crippen molar-refractivity contribution < 1.29 is 37.5 Å². The molecule has 0 aromatic carbocycles. The summed E-state index contributed by atoms with van der Waals surface area (Å²) in [5, 5.41) is 21.2. The normalized spacial score (nSPS) is 25.5. The van der Waals surface area contributed by atoms with Crippen LogP contribution in [0.25, 0.3) is 0 Å². The van der Waals surface area contributed by atoms with E-state index in [2.05, 4.69) is 35.1 Å². The van der Waals surface area contributed by atoms with Crippen LogP contribution in [-0.2, 0) is 29.0 Å². The molecule has 0 bridgehead atoms. The molecule has 50 heavy (non-hydrogen) atoms. The zero-order valence-corrected chi connectivity index (χ0v) is 32.1. The number of urea groups is 1. The first kappa shape index (κ1) is 40.0. The molecule has 1 heterocycles. The minimum Gasteiger partial charge on any atom is -0.395 e. The monoisotopic (exact) mass is 723 g/mol. The number of nitrogens with one attached hydrogen (secondary N) is 4. The number of aliphatic hydroxyl groups excluding tert-OH is 1. The summed E-state index contributed by atoms with van der Waals surface area (Å²) in [6.07, 6.45) is 6.59. The van der Waals surface area contributed by atoms with Crippen molar-refractivity contribution >= 4 is 39.4 Å². The van der Waals surface area contributed by atoms with Crippen molar-refractivity contribution in [1.29, 1.82) is 0 Å². The van der Waals surface area contributed by atoms with E-state index in [1.54, 1.807) is 0 Å². The van der Waals surface area contributed by atoms with E-state index in [4.69, 9.17) is 0 Å². The van der Waals surface area contributed by atoms with Crippen LogP contribution in [0.2, 0.25) is 0 Å². The summed E-state index contributed by atoms with van der Waals surface area (Å²) in [5.74, 6) is -2.76. The van der Waals surface area contributed by atoms with Gasteiger partial charge in [0.15, 0.2) is 9.84 Å². The van der Waals surface area contributed by atoms with Crippen LogP contribution in [0, 0.1) is 22.7 Å². The first-order chi connectivity index (χ1) is 23.1. The molecule has 0 radical (unpaired) electrons. The van der Waals surface area contributed by atoms with Crippen LogP contribution in [0.4, 0.5) is 4.79 Å². The lowest BCUT2D eigenvalue weighted by molar-refractivity contribution is -0.145. The molecule has 4 rings (SSSR count). The first-order valence-corrected chi connectivity index (χ1v) is 20.1. The zero-order chi connectivity index (χ0) is 37.4. The molecule has 5 N–H and O–H groups in total. The lowest BCUT2D eigenvalue weighted by atomic mass is 9.83. The number of fused-ring (bicyclic) bond motifs is 1. The molecule has 1 aliphatic heterocycles. The Hall–Kier alpha value is -2.74. The third-order valence-electron chi connectivity index (χ3n) is 11.6. The molecule has 3 aliphatic carbocycles. The number of sulfone groups is 1. The third-order valence-corrected chi connectivity index (χ3v) is 14.4. The van der Waals surface area contributed by atoms with Gasteiger partial charge in [0.2, 0.25) is 17.6 Å². The number of ketones is 1. The molecule has 13 nitrogen and oxygen atoms in total. The average Bonchev–Trinajstić information content (AvgIpc) is 3.87. The Bertz CT molecular complexity index is 1430. The van der Waals surface area contributed by atoms with Crippen molar-refractivity contribution in [3.63, 3.8) is 0 Å². The number of unbranched alkanes of at least 4 members (excludes halogenated alkanes) is 1. The van der Waals surface area contributed by atoms with Gasteiger partial charge in [-0.25, -0.2) is 13.2 Å². The van der Waals surface area contributed by atoms with Crippen LogP contribution in [-0.4, -0.2) is 101 Å². The van der Waals surface area contributed by atoms with E-state index in [1.165, 1.54) is 18.7 Å². The van der Waals surface area contributed by atoms with E-state index in [9.17, 15) is 37.5 Å². The molecule has 3 saturated carbocycles. The first-order valence-electron chi connectivity index (χ1n) is 18.5. The minimum absolute atomic E-state index is 0.00578. The standard InChI is InChI=1S/C36H61N5O8S/c1-9-10-14-24(27(43)30(45)37-22-15-16-22)38-29(44)26-25-23(35(25,7)8)19-41(26)31(46)28(33(2,3)4)39-32(47)40-36(17-12-11-13-18-36)21-50(48,49)34(5,6)20-42/h22-26,28,42H,9-21H2,1-8H3,(H,37,45)(H,38,44)(H2,39,40,47)/t23-,24-,25-,26-,28+/m0/s1. The summed E-state index contributed by atoms with van der Waals surface area (Å²) in [6, 6.07) is -3.65. The van der Waals surface area contributed by atoms with E-state index in [0.717, 1.165) is 38.5 Å². The van der Waals surface area contributed by atoms with Crippen molar-refractivity contribution in [2.45, 2.75) is 154 Å². The van der Waals surface area contributed by atoms with Crippen molar-refractivity contribution in [3.8, 4) is 0 Å². The van der Waals surface area contributed by atoms with Gasteiger partial charge in [-0.15, -0.1) is 0 Å². The van der Waals surface area contributed by atoms with E-state index < -0.39 is 79.8 Å². The Morgan fingerprint density at radius 3 is 2.12 bits per heavy atom. The lowest BCUT2D eigenvalue weighted by Gasteiger charge is -2.41. The maximum atomic E-state index is 14.5. The Balaban J connectivity index is 1.54. The molecule has 4 fully saturated rings. The summed E-state index contributed by atoms with van der Waals surface area (Å²) in [4.78, 5) is 69.7. The second-order valence-electron chi connectivity index (χ2n) is 17.6. The quantitative estimate of drug-likeness (QED) is 0.159. The molecule has 284 valence electrons. The fraction of sp³-hybridized carbons (Fsp3) is 0.861. The number of Topliss-reactive ketones (excluding diaryl/α,β-unsaturated/α-hetero) is 1.